The van der Waals surface area contributed by atoms with Gasteiger partial charge in [-0.3, -0.25) is 14.4 Å². The van der Waals surface area contributed by atoms with Gasteiger partial charge in [0.25, 0.3) is 5.91 Å². The zero-order valence-corrected chi connectivity index (χ0v) is 15.2. The molecular weight excluding hydrogens is 361 g/mol. The number of rotatable bonds is 3. The van der Waals surface area contributed by atoms with Crippen LogP contribution >= 0.6 is 0 Å². The summed E-state index contributed by atoms with van der Waals surface area (Å²) >= 11 is 0. The van der Waals surface area contributed by atoms with Crippen LogP contribution in [-0.4, -0.2) is 41.8 Å². The molecule has 4 rings (SSSR count). The summed E-state index contributed by atoms with van der Waals surface area (Å²) < 4.78 is 13.8. The molecule has 1 atom stereocenters. The van der Waals surface area contributed by atoms with Crippen LogP contribution in [0.5, 0.6) is 0 Å². The van der Waals surface area contributed by atoms with Gasteiger partial charge in [0.15, 0.2) is 0 Å². The number of carbonyl (C=O) groups excluding carboxylic acids is 3. The Balaban J connectivity index is 1.65. The average Bonchev–Trinajstić information content (AvgIpc) is 2.80. The Kier molecular flexibility index (Phi) is 4.81. The molecule has 2 aromatic carbocycles. The first kappa shape index (κ1) is 18.2. The van der Waals surface area contributed by atoms with Crippen LogP contribution in [0.25, 0.3) is 0 Å². The van der Waals surface area contributed by atoms with E-state index >= 15 is 0 Å². The number of carbonyl (C=O) groups is 3. The van der Waals surface area contributed by atoms with Crippen LogP contribution in [-0.2, 0) is 9.59 Å². The number of anilines is 2. The van der Waals surface area contributed by atoms with Crippen molar-refractivity contribution in [2.45, 2.75) is 25.3 Å². The minimum absolute atomic E-state index is 0.0541. The number of nitrogens with one attached hydrogen (secondary N) is 1. The Hall–Kier alpha value is -3.22. The maximum absolute atomic E-state index is 13.8. The summed E-state index contributed by atoms with van der Waals surface area (Å²) in [7, 11) is 0. The number of halogens is 1. The van der Waals surface area contributed by atoms with Crippen molar-refractivity contribution in [1.29, 1.82) is 0 Å². The van der Waals surface area contributed by atoms with E-state index in [-0.39, 0.29) is 24.0 Å². The van der Waals surface area contributed by atoms with Gasteiger partial charge in [0.1, 0.15) is 18.4 Å². The van der Waals surface area contributed by atoms with Crippen LogP contribution in [0.2, 0.25) is 0 Å². The molecule has 144 valence electrons. The minimum atomic E-state index is -0.574. The van der Waals surface area contributed by atoms with Crippen molar-refractivity contribution in [2.24, 2.45) is 0 Å². The Bertz CT molecular complexity index is 946. The van der Waals surface area contributed by atoms with Crippen LogP contribution in [0.15, 0.2) is 48.5 Å². The fourth-order valence-corrected chi connectivity index (χ4v) is 3.83. The largest absolute Gasteiger partial charge is 0.327 e. The quantitative estimate of drug-likeness (QED) is 0.889. The number of para-hydroxylation sites is 2. The number of piperidine rings is 1. The number of hydrogen-bond donors (Lipinski definition) is 1. The Labute approximate surface area is 161 Å². The SMILES string of the molecule is O=C(CN1C(=O)[C@H]2CCCCN2C(=O)c2ccccc21)Nc1ccccc1F. The van der Waals surface area contributed by atoms with Crippen LogP contribution in [0.3, 0.4) is 0 Å². The molecule has 2 aromatic rings. The molecule has 0 saturated carbocycles. The maximum atomic E-state index is 13.8. The molecule has 3 amide bonds. The summed E-state index contributed by atoms with van der Waals surface area (Å²) in [5, 5.41) is 2.51. The van der Waals surface area contributed by atoms with Gasteiger partial charge >= 0.3 is 0 Å². The van der Waals surface area contributed by atoms with Crippen molar-refractivity contribution < 1.29 is 18.8 Å². The van der Waals surface area contributed by atoms with Gasteiger partial charge in [0, 0.05) is 6.54 Å². The molecule has 1 N–H and O–H groups in total. The third kappa shape index (κ3) is 3.24. The first-order chi connectivity index (χ1) is 13.6. The Morgan fingerprint density at radius 2 is 1.82 bits per heavy atom. The molecule has 7 heteroatoms. The second kappa shape index (κ2) is 7.42. The van der Waals surface area contributed by atoms with E-state index < -0.39 is 17.8 Å². The standard InChI is InChI=1S/C21H20FN3O3/c22-15-8-2-3-9-16(15)23-19(26)13-25-17-10-4-1-7-14(17)20(27)24-12-6-5-11-18(24)21(25)28/h1-4,7-10,18H,5-6,11-13H2,(H,23,26)/t18-/m1/s1. The lowest BCUT2D eigenvalue weighted by molar-refractivity contribution is -0.125. The van der Waals surface area contributed by atoms with E-state index in [1.807, 2.05) is 0 Å². The van der Waals surface area contributed by atoms with Gasteiger partial charge in [-0.15, -0.1) is 0 Å². The molecule has 0 bridgehead atoms. The molecule has 1 saturated heterocycles. The number of fused-ring (bicyclic) bond motifs is 2. The van der Waals surface area contributed by atoms with E-state index in [2.05, 4.69) is 5.32 Å². The second-order valence-corrected chi connectivity index (χ2v) is 6.98. The van der Waals surface area contributed by atoms with Gasteiger partial charge in [-0.1, -0.05) is 24.3 Å². The van der Waals surface area contributed by atoms with Crippen molar-refractivity contribution in [3.8, 4) is 0 Å². The van der Waals surface area contributed by atoms with Gasteiger partial charge in [-0.2, -0.15) is 0 Å². The number of nitrogens with zero attached hydrogens (tertiary/aromatic N) is 2. The zero-order valence-electron chi connectivity index (χ0n) is 15.2. The van der Waals surface area contributed by atoms with E-state index in [1.165, 1.54) is 23.1 Å². The lowest BCUT2D eigenvalue weighted by Crippen LogP contribution is -2.52. The van der Waals surface area contributed by atoms with Gasteiger partial charge in [0.05, 0.1) is 16.9 Å². The van der Waals surface area contributed by atoms with Crippen LogP contribution in [0.4, 0.5) is 15.8 Å². The molecule has 0 aliphatic carbocycles. The summed E-state index contributed by atoms with van der Waals surface area (Å²) in [6.07, 6.45) is 2.28. The molecule has 0 aromatic heterocycles. The summed E-state index contributed by atoms with van der Waals surface area (Å²) in [6, 6.07) is 12.1. The lowest BCUT2D eigenvalue weighted by atomic mass is 10.0. The number of benzene rings is 2. The molecule has 0 spiro atoms. The van der Waals surface area contributed by atoms with Gasteiger partial charge < -0.3 is 15.1 Å². The molecule has 2 aliphatic rings. The molecule has 0 unspecified atom stereocenters. The van der Waals surface area contributed by atoms with E-state index in [0.29, 0.717) is 24.2 Å². The normalized spacial score (nSPS) is 19.0. The molecule has 0 radical (unpaired) electrons. The Morgan fingerprint density at radius 3 is 2.64 bits per heavy atom. The third-order valence-electron chi connectivity index (χ3n) is 5.19. The minimum Gasteiger partial charge on any atom is -0.327 e. The molecule has 28 heavy (non-hydrogen) atoms. The maximum Gasteiger partial charge on any atom is 0.256 e. The highest BCUT2D eigenvalue weighted by molar-refractivity contribution is 6.13. The average molecular weight is 381 g/mol. The molecule has 2 aliphatic heterocycles. The van der Waals surface area contributed by atoms with Crippen LogP contribution in [0.1, 0.15) is 29.6 Å². The predicted octanol–water partition coefficient (Wildman–Crippen LogP) is 2.81. The van der Waals surface area contributed by atoms with Crippen molar-refractivity contribution in [3.63, 3.8) is 0 Å². The summed E-state index contributed by atoms with van der Waals surface area (Å²) in [5.74, 6) is -1.54. The van der Waals surface area contributed by atoms with Crippen molar-refractivity contribution in [2.75, 3.05) is 23.3 Å². The molecule has 1 fully saturated rings. The Morgan fingerprint density at radius 1 is 1.07 bits per heavy atom. The molecule has 2 heterocycles. The van der Waals surface area contributed by atoms with Crippen LogP contribution < -0.4 is 10.2 Å². The monoisotopic (exact) mass is 381 g/mol. The topological polar surface area (TPSA) is 69.7 Å². The van der Waals surface area contributed by atoms with E-state index in [4.69, 9.17) is 0 Å². The zero-order chi connectivity index (χ0) is 19.7. The van der Waals surface area contributed by atoms with Crippen molar-refractivity contribution in [1.82, 2.24) is 4.90 Å². The molecular formula is C21H20FN3O3. The van der Waals surface area contributed by atoms with E-state index in [0.717, 1.165) is 12.8 Å². The smallest absolute Gasteiger partial charge is 0.256 e. The van der Waals surface area contributed by atoms with Crippen molar-refractivity contribution in [3.05, 3.63) is 59.9 Å². The number of amides is 3. The third-order valence-corrected chi connectivity index (χ3v) is 5.19. The van der Waals surface area contributed by atoms with Crippen LogP contribution in [0, 0.1) is 5.82 Å². The number of hydrogen-bond acceptors (Lipinski definition) is 3. The highest BCUT2D eigenvalue weighted by atomic mass is 19.1. The van der Waals surface area contributed by atoms with E-state index in [1.54, 1.807) is 35.2 Å². The predicted molar refractivity (Wildman–Crippen MR) is 103 cm³/mol. The van der Waals surface area contributed by atoms with Crippen molar-refractivity contribution >= 4 is 29.1 Å². The second-order valence-electron chi connectivity index (χ2n) is 6.98. The van der Waals surface area contributed by atoms with Gasteiger partial charge in [-0.25, -0.2) is 4.39 Å². The first-order valence-corrected chi connectivity index (χ1v) is 9.32. The molecule has 6 nitrogen and oxygen atoms in total. The van der Waals surface area contributed by atoms with Gasteiger partial charge in [-0.05, 0) is 43.5 Å². The first-order valence-electron chi connectivity index (χ1n) is 9.32. The lowest BCUT2D eigenvalue weighted by Gasteiger charge is -2.34. The van der Waals surface area contributed by atoms with Gasteiger partial charge in [0.2, 0.25) is 11.8 Å². The highest BCUT2D eigenvalue weighted by Gasteiger charge is 2.40. The fourth-order valence-electron chi connectivity index (χ4n) is 3.83. The summed E-state index contributed by atoms with van der Waals surface area (Å²) in [6.45, 7) is 0.237. The summed E-state index contributed by atoms with van der Waals surface area (Å²) in [4.78, 5) is 41.7. The highest BCUT2D eigenvalue weighted by Crippen LogP contribution is 2.31. The summed E-state index contributed by atoms with van der Waals surface area (Å²) in [5.41, 5.74) is 0.868. The van der Waals surface area contributed by atoms with E-state index in [9.17, 15) is 18.8 Å². The fraction of sp³-hybridized carbons (Fsp3) is 0.286.